The second kappa shape index (κ2) is 6.04. The van der Waals surface area contributed by atoms with Crippen molar-refractivity contribution in [2.75, 3.05) is 13.7 Å². The first-order valence-corrected chi connectivity index (χ1v) is 6.57. The maximum Gasteiger partial charge on any atom is 0.305 e. The normalized spacial score (nSPS) is 23.8. The number of hydrogen-bond acceptors (Lipinski definition) is 4. The smallest absolute Gasteiger partial charge is 0.305 e. The number of methoxy groups -OCH3 is 1. The molecule has 1 aromatic heterocycles. The van der Waals surface area contributed by atoms with Crippen molar-refractivity contribution in [1.82, 2.24) is 14.7 Å². The van der Waals surface area contributed by atoms with E-state index in [4.69, 9.17) is 9.84 Å². The Morgan fingerprint density at radius 2 is 2.30 bits per heavy atom. The van der Waals surface area contributed by atoms with Gasteiger partial charge < -0.3 is 14.7 Å². The number of ether oxygens (including phenoxy) is 1. The van der Waals surface area contributed by atoms with Gasteiger partial charge in [0.25, 0.3) is 0 Å². The molecule has 1 N–H and O–H groups in total. The van der Waals surface area contributed by atoms with E-state index >= 15 is 0 Å². The highest BCUT2D eigenvalue weighted by Gasteiger charge is 2.38. The van der Waals surface area contributed by atoms with Crippen LogP contribution in [0.2, 0.25) is 0 Å². The summed E-state index contributed by atoms with van der Waals surface area (Å²) < 4.78 is 6.83. The molecule has 1 fully saturated rings. The highest BCUT2D eigenvalue weighted by atomic mass is 16.5. The highest BCUT2D eigenvalue weighted by Crippen LogP contribution is 2.25. The van der Waals surface area contributed by atoms with E-state index in [1.807, 2.05) is 0 Å². The van der Waals surface area contributed by atoms with Gasteiger partial charge in [0, 0.05) is 32.1 Å². The van der Waals surface area contributed by atoms with E-state index in [1.165, 1.54) is 0 Å². The zero-order valence-corrected chi connectivity index (χ0v) is 11.6. The summed E-state index contributed by atoms with van der Waals surface area (Å²) in [6.45, 7) is 2.19. The second-order valence-electron chi connectivity index (χ2n) is 5.00. The Morgan fingerprint density at radius 1 is 1.55 bits per heavy atom. The Kier molecular flexibility index (Phi) is 4.39. The first-order chi connectivity index (χ1) is 9.52. The third-order valence-electron chi connectivity index (χ3n) is 3.68. The van der Waals surface area contributed by atoms with Gasteiger partial charge in [-0.2, -0.15) is 5.10 Å². The summed E-state index contributed by atoms with van der Waals surface area (Å²) in [7, 11) is 1.58. The number of nitrogens with zero attached hydrogens (tertiary/aromatic N) is 3. The third kappa shape index (κ3) is 2.98. The molecule has 3 atom stereocenters. The van der Waals surface area contributed by atoms with E-state index in [9.17, 15) is 9.59 Å². The van der Waals surface area contributed by atoms with Gasteiger partial charge in [-0.1, -0.05) is 0 Å². The second-order valence-corrected chi connectivity index (χ2v) is 5.00. The van der Waals surface area contributed by atoms with Crippen LogP contribution in [0.15, 0.2) is 18.5 Å². The monoisotopic (exact) mass is 281 g/mol. The van der Waals surface area contributed by atoms with Crippen LogP contribution < -0.4 is 0 Å². The van der Waals surface area contributed by atoms with Crippen molar-refractivity contribution in [2.24, 2.45) is 0 Å². The Hall–Kier alpha value is -1.89. The molecule has 1 aliphatic rings. The molecular weight excluding hydrogens is 262 g/mol. The summed E-state index contributed by atoms with van der Waals surface area (Å²) >= 11 is 0. The van der Waals surface area contributed by atoms with Gasteiger partial charge in [-0.05, 0) is 19.4 Å². The lowest BCUT2D eigenvalue weighted by Gasteiger charge is -2.26. The summed E-state index contributed by atoms with van der Waals surface area (Å²) in [5, 5.41) is 13.0. The van der Waals surface area contributed by atoms with Crippen LogP contribution in [0.25, 0.3) is 0 Å². The van der Waals surface area contributed by atoms with Gasteiger partial charge >= 0.3 is 5.97 Å². The van der Waals surface area contributed by atoms with E-state index in [1.54, 1.807) is 42.1 Å². The number of carbonyl (C=O) groups excluding carboxylic acids is 1. The molecule has 0 saturated carbocycles. The average molecular weight is 281 g/mol. The minimum absolute atomic E-state index is 0.0581. The Morgan fingerprint density at radius 3 is 2.85 bits per heavy atom. The lowest BCUT2D eigenvalue weighted by atomic mass is 10.1. The average Bonchev–Trinajstić information content (AvgIpc) is 3.05. The van der Waals surface area contributed by atoms with Crippen LogP contribution in [-0.2, 0) is 14.3 Å². The number of aliphatic carboxylic acids is 1. The molecule has 2 rings (SSSR count). The zero-order valence-electron chi connectivity index (χ0n) is 11.6. The number of carbonyl (C=O) groups is 2. The van der Waals surface area contributed by atoms with Crippen molar-refractivity contribution < 1.29 is 19.4 Å². The van der Waals surface area contributed by atoms with Crippen LogP contribution in [-0.4, -0.2) is 57.5 Å². The highest BCUT2D eigenvalue weighted by molar-refractivity contribution is 5.81. The minimum Gasteiger partial charge on any atom is -0.481 e. The van der Waals surface area contributed by atoms with Crippen LogP contribution in [0.1, 0.15) is 25.8 Å². The molecule has 2 heterocycles. The molecule has 1 aromatic rings. The van der Waals surface area contributed by atoms with Gasteiger partial charge in [-0.15, -0.1) is 0 Å². The SMILES string of the molecule is COC1CC(CC(=O)O)N(C(=O)C(C)n2cccn2)C1. The zero-order chi connectivity index (χ0) is 14.7. The third-order valence-corrected chi connectivity index (χ3v) is 3.68. The van der Waals surface area contributed by atoms with Crippen LogP contribution in [0.3, 0.4) is 0 Å². The number of aromatic nitrogens is 2. The Labute approximate surface area is 117 Å². The fourth-order valence-electron chi connectivity index (χ4n) is 2.57. The maximum absolute atomic E-state index is 12.5. The van der Waals surface area contributed by atoms with E-state index in [0.717, 1.165) is 0 Å². The molecule has 0 radical (unpaired) electrons. The predicted molar refractivity (Wildman–Crippen MR) is 70.1 cm³/mol. The van der Waals surface area contributed by atoms with E-state index < -0.39 is 12.0 Å². The number of carboxylic acid groups (broad SMARTS) is 1. The summed E-state index contributed by atoms with van der Waals surface area (Å²) in [5.41, 5.74) is 0. The van der Waals surface area contributed by atoms with Crippen molar-refractivity contribution in [2.45, 2.75) is 38.0 Å². The summed E-state index contributed by atoms with van der Waals surface area (Å²) in [4.78, 5) is 25.0. The van der Waals surface area contributed by atoms with E-state index in [2.05, 4.69) is 5.10 Å². The quantitative estimate of drug-likeness (QED) is 0.851. The first-order valence-electron chi connectivity index (χ1n) is 6.57. The molecule has 7 heteroatoms. The number of hydrogen-bond donors (Lipinski definition) is 1. The van der Waals surface area contributed by atoms with Crippen LogP contribution >= 0.6 is 0 Å². The van der Waals surface area contributed by atoms with Gasteiger partial charge in [-0.3, -0.25) is 14.3 Å². The molecular formula is C13H19N3O4. The summed E-state index contributed by atoms with van der Waals surface area (Å²) in [5.74, 6) is -1.03. The largest absolute Gasteiger partial charge is 0.481 e. The maximum atomic E-state index is 12.5. The van der Waals surface area contributed by atoms with E-state index in [0.29, 0.717) is 13.0 Å². The molecule has 7 nitrogen and oxygen atoms in total. The fourth-order valence-corrected chi connectivity index (χ4v) is 2.57. The Balaban J connectivity index is 2.11. The van der Waals surface area contributed by atoms with Gasteiger partial charge in [0.05, 0.1) is 12.5 Å². The number of carboxylic acids is 1. The van der Waals surface area contributed by atoms with Crippen molar-refractivity contribution in [3.8, 4) is 0 Å². The molecule has 0 aliphatic carbocycles. The summed E-state index contributed by atoms with van der Waals surface area (Å²) in [6.07, 6.45) is 3.73. The van der Waals surface area contributed by atoms with Crippen LogP contribution in [0.5, 0.6) is 0 Å². The topological polar surface area (TPSA) is 84.7 Å². The standard InChI is InChI=1S/C13H19N3O4/c1-9(16-5-3-4-14-16)13(19)15-8-11(20-2)6-10(15)7-12(17)18/h3-5,9-11H,6-8H2,1-2H3,(H,17,18). The lowest BCUT2D eigenvalue weighted by Crippen LogP contribution is -2.41. The molecule has 1 amide bonds. The molecule has 110 valence electrons. The van der Waals surface area contributed by atoms with Crippen molar-refractivity contribution in [3.63, 3.8) is 0 Å². The van der Waals surface area contributed by atoms with Gasteiger partial charge in [0.2, 0.25) is 5.91 Å². The molecule has 20 heavy (non-hydrogen) atoms. The molecule has 1 saturated heterocycles. The molecule has 0 bridgehead atoms. The molecule has 3 unspecified atom stereocenters. The number of amides is 1. The van der Waals surface area contributed by atoms with Crippen molar-refractivity contribution in [3.05, 3.63) is 18.5 Å². The van der Waals surface area contributed by atoms with Gasteiger partial charge in [-0.25, -0.2) is 0 Å². The molecule has 1 aliphatic heterocycles. The van der Waals surface area contributed by atoms with Crippen LogP contribution in [0.4, 0.5) is 0 Å². The first kappa shape index (κ1) is 14.5. The Bertz CT molecular complexity index is 474. The van der Waals surface area contributed by atoms with Gasteiger partial charge in [0.1, 0.15) is 6.04 Å². The number of likely N-dealkylation sites (tertiary alicyclic amines) is 1. The number of rotatable bonds is 5. The van der Waals surface area contributed by atoms with Gasteiger partial charge in [0.15, 0.2) is 0 Å². The van der Waals surface area contributed by atoms with E-state index in [-0.39, 0.29) is 24.5 Å². The molecule has 0 aromatic carbocycles. The fraction of sp³-hybridized carbons (Fsp3) is 0.615. The predicted octanol–water partition coefficient (Wildman–Crippen LogP) is 0.535. The van der Waals surface area contributed by atoms with Crippen molar-refractivity contribution in [1.29, 1.82) is 0 Å². The summed E-state index contributed by atoms with van der Waals surface area (Å²) in [6, 6.07) is 0.986. The van der Waals surface area contributed by atoms with Crippen molar-refractivity contribution >= 4 is 11.9 Å². The molecule has 0 spiro atoms. The minimum atomic E-state index is -0.906. The lowest BCUT2D eigenvalue weighted by molar-refractivity contribution is -0.141. The van der Waals surface area contributed by atoms with Crippen LogP contribution in [0, 0.1) is 0 Å².